The van der Waals surface area contributed by atoms with Gasteiger partial charge in [0, 0.05) is 18.0 Å². The highest BCUT2D eigenvalue weighted by Gasteiger charge is 2.30. The van der Waals surface area contributed by atoms with Crippen LogP contribution in [-0.4, -0.2) is 19.6 Å². The monoisotopic (exact) mass is 266 g/mol. The second kappa shape index (κ2) is 6.18. The third-order valence-corrected chi connectivity index (χ3v) is 5.26. The summed E-state index contributed by atoms with van der Waals surface area (Å²) in [5.41, 5.74) is 1.81. The first-order chi connectivity index (χ1) is 8.59. The maximum atomic E-state index is 3.65. The molecule has 1 unspecified atom stereocenters. The summed E-state index contributed by atoms with van der Waals surface area (Å²) in [5.74, 6) is 0.809. The maximum absolute atomic E-state index is 3.65. The summed E-state index contributed by atoms with van der Waals surface area (Å²) < 4.78 is 0. The quantitative estimate of drug-likeness (QED) is 0.855. The Balaban J connectivity index is 1.79. The largest absolute Gasteiger partial charge is 0.316 e. The van der Waals surface area contributed by atoms with Crippen LogP contribution in [0.1, 0.15) is 37.1 Å². The zero-order valence-corrected chi connectivity index (χ0v) is 12.7. The van der Waals surface area contributed by atoms with Crippen molar-refractivity contribution in [2.24, 2.45) is 11.3 Å². The number of thiophene rings is 1. The van der Waals surface area contributed by atoms with Crippen molar-refractivity contribution in [3.8, 4) is 0 Å². The number of nitrogens with one attached hydrogen (secondary N) is 2. The van der Waals surface area contributed by atoms with Crippen LogP contribution in [0.4, 0.5) is 0 Å². The summed E-state index contributed by atoms with van der Waals surface area (Å²) in [7, 11) is 0. The Labute approximate surface area is 115 Å². The summed E-state index contributed by atoms with van der Waals surface area (Å²) in [5, 5.41) is 9.36. The molecule has 1 aromatic heterocycles. The fourth-order valence-electron chi connectivity index (χ4n) is 2.75. The second-order valence-electron chi connectivity index (χ2n) is 6.16. The lowest BCUT2D eigenvalue weighted by atomic mass is 9.75. The lowest BCUT2D eigenvalue weighted by Gasteiger charge is -2.37. The highest BCUT2D eigenvalue weighted by molar-refractivity contribution is 7.10. The molecule has 0 amide bonds. The fraction of sp³-hybridized carbons (Fsp3) is 0.733. The summed E-state index contributed by atoms with van der Waals surface area (Å²) in [6.07, 6.45) is 2.71. The van der Waals surface area contributed by atoms with Crippen LogP contribution in [0.5, 0.6) is 0 Å². The van der Waals surface area contributed by atoms with E-state index in [1.165, 1.54) is 36.4 Å². The highest BCUT2D eigenvalue weighted by Crippen LogP contribution is 2.31. The van der Waals surface area contributed by atoms with Crippen molar-refractivity contribution in [1.29, 1.82) is 0 Å². The lowest BCUT2D eigenvalue weighted by molar-refractivity contribution is 0.166. The Morgan fingerprint density at radius 1 is 1.50 bits per heavy atom. The molecule has 0 aromatic carbocycles. The van der Waals surface area contributed by atoms with Gasteiger partial charge in [-0.05, 0) is 61.2 Å². The minimum absolute atomic E-state index is 0.387. The van der Waals surface area contributed by atoms with Crippen molar-refractivity contribution in [2.45, 2.75) is 40.2 Å². The molecule has 102 valence electrons. The van der Waals surface area contributed by atoms with Crippen molar-refractivity contribution in [3.63, 3.8) is 0 Å². The number of aryl methyl sites for hydroxylation is 1. The molecular formula is C15H26N2S. The highest BCUT2D eigenvalue weighted by atomic mass is 32.1. The molecule has 0 radical (unpaired) electrons. The van der Waals surface area contributed by atoms with Gasteiger partial charge in [-0.15, -0.1) is 11.3 Å². The first-order valence-corrected chi connectivity index (χ1v) is 7.92. The van der Waals surface area contributed by atoms with E-state index in [0.29, 0.717) is 5.41 Å². The normalized spacial score (nSPS) is 21.2. The van der Waals surface area contributed by atoms with Gasteiger partial charge in [0.25, 0.3) is 0 Å². The summed E-state index contributed by atoms with van der Waals surface area (Å²) in [6.45, 7) is 11.5. The predicted octanol–water partition coefficient (Wildman–Crippen LogP) is 3.17. The molecule has 2 rings (SSSR count). The van der Waals surface area contributed by atoms with Crippen LogP contribution >= 0.6 is 11.3 Å². The summed E-state index contributed by atoms with van der Waals surface area (Å²) in [6, 6.07) is 2.21. The topological polar surface area (TPSA) is 24.1 Å². The Morgan fingerprint density at radius 3 is 2.94 bits per heavy atom. The number of piperidine rings is 1. The van der Waals surface area contributed by atoms with Crippen molar-refractivity contribution >= 4 is 11.3 Å². The predicted molar refractivity (Wildman–Crippen MR) is 80.1 cm³/mol. The first-order valence-electron chi connectivity index (χ1n) is 7.04. The molecule has 2 N–H and O–H groups in total. The average molecular weight is 266 g/mol. The van der Waals surface area contributed by atoms with Crippen molar-refractivity contribution in [1.82, 2.24) is 10.6 Å². The van der Waals surface area contributed by atoms with Gasteiger partial charge >= 0.3 is 0 Å². The third kappa shape index (κ3) is 3.56. The Morgan fingerprint density at radius 2 is 2.33 bits per heavy atom. The SMILES string of the molecule is Cc1ccsc1CNCC(C)(C)C1CCCNC1. The zero-order chi connectivity index (χ0) is 13.0. The van der Waals surface area contributed by atoms with Crippen LogP contribution in [-0.2, 0) is 6.54 Å². The smallest absolute Gasteiger partial charge is 0.0302 e. The van der Waals surface area contributed by atoms with E-state index in [-0.39, 0.29) is 0 Å². The standard InChI is InChI=1S/C15H26N2S/c1-12-6-8-18-14(12)10-17-11-15(2,3)13-5-4-7-16-9-13/h6,8,13,16-17H,4-5,7,9-11H2,1-3H3. The van der Waals surface area contributed by atoms with Gasteiger partial charge in [-0.1, -0.05) is 13.8 Å². The van der Waals surface area contributed by atoms with Crippen LogP contribution < -0.4 is 10.6 Å². The van der Waals surface area contributed by atoms with Gasteiger partial charge in [0.05, 0.1) is 0 Å². The Kier molecular flexibility index (Phi) is 4.82. The molecule has 1 atom stereocenters. The molecule has 1 aromatic rings. The lowest BCUT2D eigenvalue weighted by Crippen LogP contribution is -2.43. The van der Waals surface area contributed by atoms with Gasteiger partial charge in [-0.25, -0.2) is 0 Å². The van der Waals surface area contributed by atoms with E-state index in [2.05, 4.69) is 42.9 Å². The molecule has 18 heavy (non-hydrogen) atoms. The van der Waals surface area contributed by atoms with Crippen molar-refractivity contribution in [3.05, 3.63) is 21.9 Å². The average Bonchev–Trinajstić information content (AvgIpc) is 2.76. The van der Waals surface area contributed by atoms with E-state index in [4.69, 9.17) is 0 Å². The zero-order valence-electron chi connectivity index (χ0n) is 11.9. The van der Waals surface area contributed by atoms with Crippen LogP contribution in [0.15, 0.2) is 11.4 Å². The Hall–Kier alpha value is -0.380. The second-order valence-corrected chi connectivity index (χ2v) is 7.16. The van der Waals surface area contributed by atoms with E-state index in [1.54, 1.807) is 0 Å². The van der Waals surface area contributed by atoms with Gasteiger partial charge in [-0.3, -0.25) is 0 Å². The van der Waals surface area contributed by atoms with Crippen molar-refractivity contribution < 1.29 is 0 Å². The molecular weight excluding hydrogens is 240 g/mol. The summed E-state index contributed by atoms with van der Waals surface area (Å²) >= 11 is 1.86. The number of hydrogen-bond donors (Lipinski definition) is 2. The van der Waals surface area contributed by atoms with Crippen molar-refractivity contribution in [2.75, 3.05) is 19.6 Å². The minimum Gasteiger partial charge on any atom is -0.316 e. The Bertz CT molecular complexity index is 364. The van der Waals surface area contributed by atoms with Gasteiger partial charge in [0.15, 0.2) is 0 Å². The molecule has 0 spiro atoms. The minimum atomic E-state index is 0.387. The first kappa shape index (κ1) is 14.0. The molecule has 0 bridgehead atoms. The molecule has 3 heteroatoms. The van der Waals surface area contributed by atoms with Gasteiger partial charge in [0.1, 0.15) is 0 Å². The van der Waals surface area contributed by atoms with Gasteiger partial charge < -0.3 is 10.6 Å². The van der Waals surface area contributed by atoms with Gasteiger partial charge in [-0.2, -0.15) is 0 Å². The number of hydrogen-bond acceptors (Lipinski definition) is 3. The molecule has 0 aliphatic carbocycles. The maximum Gasteiger partial charge on any atom is 0.0302 e. The van der Waals surface area contributed by atoms with Crippen LogP contribution in [0.25, 0.3) is 0 Å². The number of rotatable bonds is 5. The van der Waals surface area contributed by atoms with Crippen LogP contribution in [0.3, 0.4) is 0 Å². The summed E-state index contributed by atoms with van der Waals surface area (Å²) in [4.78, 5) is 1.48. The fourth-order valence-corrected chi connectivity index (χ4v) is 3.62. The van der Waals surface area contributed by atoms with E-state index < -0.39 is 0 Å². The van der Waals surface area contributed by atoms with E-state index in [9.17, 15) is 0 Å². The molecule has 2 heterocycles. The van der Waals surface area contributed by atoms with E-state index in [0.717, 1.165) is 19.0 Å². The third-order valence-electron chi connectivity index (χ3n) is 4.24. The van der Waals surface area contributed by atoms with Gasteiger partial charge in [0.2, 0.25) is 0 Å². The van der Waals surface area contributed by atoms with E-state index in [1.807, 2.05) is 11.3 Å². The molecule has 1 fully saturated rings. The molecule has 2 nitrogen and oxygen atoms in total. The molecule has 1 aliphatic heterocycles. The molecule has 1 saturated heterocycles. The van der Waals surface area contributed by atoms with Crippen LogP contribution in [0.2, 0.25) is 0 Å². The van der Waals surface area contributed by atoms with E-state index >= 15 is 0 Å². The molecule has 1 aliphatic rings. The van der Waals surface area contributed by atoms with Crippen LogP contribution in [0, 0.1) is 18.3 Å². The molecule has 0 saturated carbocycles.